The zero-order valence-corrected chi connectivity index (χ0v) is 12.5. The minimum Gasteiger partial charge on any atom is -0.378 e. The predicted molar refractivity (Wildman–Crippen MR) is 79.3 cm³/mol. The summed E-state index contributed by atoms with van der Waals surface area (Å²) >= 11 is 0. The molecule has 1 heterocycles. The Bertz CT molecular complexity index is 703. The Hall–Kier alpha value is -2.96. The Morgan fingerprint density at radius 2 is 1.84 bits per heavy atom. The van der Waals surface area contributed by atoms with Gasteiger partial charge in [-0.25, -0.2) is 0 Å². The van der Waals surface area contributed by atoms with Crippen LogP contribution in [0.25, 0.3) is 0 Å². The lowest BCUT2D eigenvalue weighted by atomic mass is 10.2. The maximum absolute atomic E-state index is 13.2. The van der Waals surface area contributed by atoms with Crippen molar-refractivity contribution in [1.82, 2.24) is 4.90 Å². The van der Waals surface area contributed by atoms with Crippen molar-refractivity contribution in [3.8, 4) is 0 Å². The molecular weight excluding hydrogens is 351 g/mol. The highest BCUT2D eigenvalue weighted by atomic mass is 19.4. The van der Waals surface area contributed by atoms with Crippen LogP contribution < -0.4 is 5.43 Å². The van der Waals surface area contributed by atoms with E-state index in [2.05, 4.69) is 5.10 Å². The number of hydrogen-bond donors (Lipinski definition) is 1. The number of nitrogens with one attached hydrogen (secondary N) is 1. The molecule has 1 N–H and O–H groups in total. The molecule has 1 aliphatic heterocycles. The van der Waals surface area contributed by atoms with E-state index in [1.807, 2.05) is 5.43 Å². The van der Waals surface area contributed by atoms with Gasteiger partial charge in [-0.2, -0.15) is 18.3 Å². The maximum atomic E-state index is 13.2. The summed E-state index contributed by atoms with van der Waals surface area (Å²) in [5.41, 5.74) is 0.261. The van der Waals surface area contributed by atoms with Crippen LogP contribution in [0.1, 0.15) is 0 Å². The van der Waals surface area contributed by atoms with Crippen LogP contribution in [0.2, 0.25) is 0 Å². The van der Waals surface area contributed by atoms with Gasteiger partial charge >= 0.3 is 11.9 Å². The third-order valence-electron chi connectivity index (χ3n) is 3.24. The lowest BCUT2D eigenvalue weighted by molar-refractivity contribution is -0.393. The van der Waals surface area contributed by atoms with Gasteiger partial charge < -0.3 is 9.64 Å². The van der Waals surface area contributed by atoms with Gasteiger partial charge in [-0.05, 0) is 6.07 Å². The smallest absolute Gasteiger partial charge is 0.378 e. The van der Waals surface area contributed by atoms with E-state index in [-0.39, 0.29) is 26.3 Å². The molecular formula is C12H12F3N5O5. The summed E-state index contributed by atoms with van der Waals surface area (Å²) in [5.74, 6) is -1.26. The predicted octanol–water partition coefficient (Wildman–Crippen LogP) is 2.12. The molecule has 1 saturated heterocycles. The van der Waals surface area contributed by atoms with E-state index in [1.165, 1.54) is 0 Å². The highest BCUT2D eigenvalue weighted by molar-refractivity contribution is 5.88. The Balaban J connectivity index is 2.33. The van der Waals surface area contributed by atoms with Crippen LogP contribution in [-0.4, -0.2) is 53.1 Å². The summed E-state index contributed by atoms with van der Waals surface area (Å²) in [4.78, 5) is 20.8. The van der Waals surface area contributed by atoms with Crippen molar-refractivity contribution < 1.29 is 27.8 Å². The van der Waals surface area contributed by atoms with Gasteiger partial charge in [0.25, 0.3) is 5.69 Å². The first-order valence-electron chi connectivity index (χ1n) is 6.86. The molecule has 0 radical (unpaired) electrons. The highest BCUT2D eigenvalue weighted by Crippen LogP contribution is 2.29. The topological polar surface area (TPSA) is 123 Å². The molecule has 0 bridgehead atoms. The van der Waals surface area contributed by atoms with Gasteiger partial charge in [0.2, 0.25) is 5.84 Å². The number of benzene rings is 1. The quantitative estimate of drug-likeness (QED) is 0.376. The Labute approximate surface area is 138 Å². The lowest BCUT2D eigenvalue weighted by Gasteiger charge is -2.30. The van der Waals surface area contributed by atoms with Crippen molar-refractivity contribution in [2.75, 3.05) is 31.7 Å². The Morgan fingerprint density at radius 1 is 1.20 bits per heavy atom. The fraction of sp³-hybridized carbons (Fsp3) is 0.417. The Morgan fingerprint density at radius 3 is 2.36 bits per heavy atom. The van der Waals surface area contributed by atoms with Crippen molar-refractivity contribution in [3.63, 3.8) is 0 Å². The molecule has 0 atom stereocenters. The van der Waals surface area contributed by atoms with E-state index in [1.54, 1.807) is 0 Å². The molecule has 1 fully saturated rings. The third kappa shape index (κ3) is 4.53. The monoisotopic (exact) mass is 363 g/mol. The van der Waals surface area contributed by atoms with E-state index in [0.717, 1.165) is 17.0 Å². The third-order valence-corrected chi connectivity index (χ3v) is 3.24. The SMILES string of the molecule is O=[N+]([O-])c1ccc(N/N=C(/N2CCOCC2)C(F)(F)F)c([N+](=O)[O-])c1. The van der Waals surface area contributed by atoms with Crippen molar-refractivity contribution in [2.24, 2.45) is 5.10 Å². The van der Waals surface area contributed by atoms with Crippen LogP contribution in [0.4, 0.5) is 30.2 Å². The van der Waals surface area contributed by atoms with E-state index in [9.17, 15) is 33.4 Å². The summed E-state index contributed by atoms with van der Waals surface area (Å²) in [6.07, 6.45) is -4.79. The van der Waals surface area contributed by atoms with E-state index in [0.29, 0.717) is 6.07 Å². The number of alkyl halides is 3. The van der Waals surface area contributed by atoms with E-state index >= 15 is 0 Å². The molecule has 0 saturated carbocycles. The number of morpholine rings is 1. The van der Waals surface area contributed by atoms with Gasteiger partial charge in [0.05, 0.1) is 29.1 Å². The zero-order valence-electron chi connectivity index (χ0n) is 12.5. The van der Waals surface area contributed by atoms with Crippen LogP contribution in [-0.2, 0) is 4.74 Å². The standard InChI is InChI=1S/C12H12F3N5O5/c13-12(14,15)11(18-3-5-25-6-4-18)17-16-9-2-1-8(19(21)22)7-10(9)20(23)24/h1-2,7,16H,3-6H2/b17-11+. The number of nitro groups is 2. The molecule has 1 aromatic rings. The summed E-state index contributed by atoms with van der Waals surface area (Å²) in [6.45, 7) is 0.102. The van der Waals surface area contributed by atoms with Crippen LogP contribution in [0.3, 0.4) is 0 Å². The first kappa shape index (κ1) is 18.4. The number of nitro benzene ring substituents is 2. The number of ether oxygens (including phenoxy) is 1. The number of amidine groups is 1. The molecule has 13 heteroatoms. The highest BCUT2D eigenvalue weighted by Gasteiger charge is 2.41. The molecule has 1 aliphatic rings. The summed E-state index contributed by atoms with van der Waals surface area (Å²) in [7, 11) is 0. The second-order valence-electron chi connectivity index (χ2n) is 4.86. The molecule has 1 aromatic carbocycles. The average Bonchev–Trinajstić information content (AvgIpc) is 2.54. The van der Waals surface area contributed by atoms with Crippen LogP contribution in [0.15, 0.2) is 23.3 Å². The molecule has 10 nitrogen and oxygen atoms in total. The number of hydrogen-bond acceptors (Lipinski definition) is 7. The van der Waals surface area contributed by atoms with Gasteiger partial charge in [-0.3, -0.25) is 25.7 Å². The number of halogens is 3. The molecule has 2 rings (SSSR count). The molecule has 0 aliphatic carbocycles. The fourth-order valence-corrected chi connectivity index (χ4v) is 2.08. The van der Waals surface area contributed by atoms with Crippen molar-refractivity contribution in [1.29, 1.82) is 0 Å². The van der Waals surface area contributed by atoms with Crippen molar-refractivity contribution in [2.45, 2.75) is 6.18 Å². The molecule has 136 valence electrons. The first-order valence-corrected chi connectivity index (χ1v) is 6.86. The van der Waals surface area contributed by atoms with Crippen molar-refractivity contribution in [3.05, 3.63) is 38.4 Å². The van der Waals surface area contributed by atoms with Gasteiger partial charge in [0, 0.05) is 19.2 Å². The van der Waals surface area contributed by atoms with Gasteiger partial charge in [-0.15, -0.1) is 0 Å². The van der Waals surface area contributed by atoms with E-state index < -0.39 is 38.9 Å². The second-order valence-corrected chi connectivity index (χ2v) is 4.86. The van der Waals surface area contributed by atoms with Gasteiger partial charge in [-0.1, -0.05) is 0 Å². The molecule has 0 spiro atoms. The second kappa shape index (κ2) is 7.29. The fourth-order valence-electron chi connectivity index (χ4n) is 2.08. The Kier molecular flexibility index (Phi) is 5.36. The number of nitrogens with zero attached hydrogens (tertiary/aromatic N) is 4. The zero-order chi connectivity index (χ0) is 18.6. The molecule has 0 aromatic heterocycles. The number of non-ortho nitro benzene ring substituents is 1. The summed E-state index contributed by atoms with van der Waals surface area (Å²) < 4.78 is 44.5. The lowest BCUT2D eigenvalue weighted by Crippen LogP contribution is -2.47. The number of anilines is 1. The first-order chi connectivity index (χ1) is 11.7. The van der Waals surface area contributed by atoms with E-state index in [4.69, 9.17) is 4.74 Å². The van der Waals surface area contributed by atoms with Crippen LogP contribution in [0, 0.1) is 20.2 Å². The van der Waals surface area contributed by atoms with Gasteiger partial charge in [0.15, 0.2) is 0 Å². The minimum absolute atomic E-state index is 0.0393. The molecule has 25 heavy (non-hydrogen) atoms. The van der Waals surface area contributed by atoms with Gasteiger partial charge in [0.1, 0.15) is 5.69 Å². The van der Waals surface area contributed by atoms with Crippen molar-refractivity contribution >= 4 is 22.9 Å². The largest absolute Gasteiger partial charge is 0.451 e. The number of rotatable bonds is 4. The summed E-state index contributed by atoms with van der Waals surface area (Å²) in [5, 5.41) is 24.9. The molecule has 0 unspecified atom stereocenters. The van der Waals surface area contributed by atoms with Crippen LogP contribution >= 0.6 is 0 Å². The normalized spacial score (nSPS) is 15.8. The maximum Gasteiger partial charge on any atom is 0.451 e. The number of hydrazone groups is 1. The minimum atomic E-state index is -4.79. The molecule has 0 amide bonds. The summed E-state index contributed by atoms with van der Waals surface area (Å²) in [6, 6.07) is 2.49. The average molecular weight is 363 g/mol. The van der Waals surface area contributed by atoms with Crippen LogP contribution in [0.5, 0.6) is 0 Å².